The first-order valence-electron chi connectivity index (χ1n) is 4.24. The lowest BCUT2D eigenvalue weighted by Gasteiger charge is -2.04. The third kappa shape index (κ3) is 1.54. The van der Waals surface area contributed by atoms with E-state index in [0.29, 0.717) is 5.70 Å². The van der Waals surface area contributed by atoms with Crippen molar-refractivity contribution in [3.8, 4) is 0 Å². The first-order chi connectivity index (χ1) is 6.38. The molecule has 63 valence electrons. The van der Waals surface area contributed by atoms with Gasteiger partial charge < -0.3 is 5.73 Å². The summed E-state index contributed by atoms with van der Waals surface area (Å²) in [6.07, 6.45) is 17.6. The van der Waals surface area contributed by atoms with Crippen LogP contribution >= 0.6 is 0 Å². The van der Waals surface area contributed by atoms with Gasteiger partial charge in [-0.15, -0.1) is 0 Å². The van der Waals surface area contributed by atoms with Crippen molar-refractivity contribution in [2.75, 3.05) is 0 Å². The minimum Gasteiger partial charge on any atom is -0.300 e. The Morgan fingerprint density at radius 3 is 2.46 bits per heavy atom. The molecule has 0 aromatic heterocycles. The highest BCUT2D eigenvalue weighted by molar-refractivity contribution is 5.57. The van der Waals surface area contributed by atoms with Gasteiger partial charge in [0, 0.05) is 5.57 Å². The van der Waals surface area contributed by atoms with Crippen molar-refractivity contribution in [2.45, 2.75) is 0 Å². The Labute approximate surface area is 77.9 Å². The number of allylic oxidation sites excluding steroid dienone is 10. The van der Waals surface area contributed by atoms with Crippen molar-refractivity contribution in [1.29, 1.82) is 0 Å². The molecule has 0 bridgehead atoms. The predicted molar refractivity (Wildman–Crippen MR) is 54.8 cm³/mol. The highest BCUT2D eigenvalue weighted by atomic mass is 14.6. The Morgan fingerprint density at radius 1 is 0.769 bits per heavy atom. The monoisotopic (exact) mass is 168 g/mol. The lowest BCUT2D eigenvalue weighted by Crippen LogP contribution is -1.91. The van der Waals surface area contributed by atoms with Crippen LogP contribution in [0.25, 0.3) is 0 Å². The molecule has 0 aromatic carbocycles. The Balaban J connectivity index is 2.54. The van der Waals surface area contributed by atoms with E-state index in [9.17, 15) is 0 Å². The Kier molecular flexibility index (Phi) is 2.01. The van der Waals surface area contributed by atoms with Crippen molar-refractivity contribution >= 4 is 0 Å². The minimum atomic E-state index is 0.566. The quantitative estimate of drug-likeness (QED) is 0.531. The molecule has 0 fully saturated rings. The number of hydrogen-bond acceptors (Lipinski definition) is 0. The molecule has 0 aromatic rings. The normalized spacial score (nSPS) is 19.5. The fourth-order valence-corrected chi connectivity index (χ4v) is 1.35. The molecular formula is C12H10N. The van der Waals surface area contributed by atoms with Crippen LogP contribution < -0.4 is 5.73 Å². The largest absolute Gasteiger partial charge is 0.300 e. The van der Waals surface area contributed by atoms with E-state index in [4.69, 9.17) is 5.73 Å². The van der Waals surface area contributed by atoms with Crippen molar-refractivity contribution < 1.29 is 0 Å². The average molecular weight is 168 g/mol. The molecule has 0 atom stereocenters. The molecule has 2 aliphatic carbocycles. The molecule has 0 saturated carbocycles. The third-order valence-electron chi connectivity index (χ3n) is 2.01. The van der Waals surface area contributed by atoms with Crippen LogP contribution in [0.15, 0.2) is 71.5 Å². The van der Waals surface area contributed by atoms with Crippen molar-refractivity contribution in [2.24, 2.45) is 0 Å². The summed E-state index contributed by atoms with van der Waals surface area (Å²) >= 11 is 0. The summed E-state index contributed by atoms with van der Waals surface area (Å²) in [7, 11) is 0. The minimum absolute atomic E-state index is 0.566. The summed E-state index contributed by atoms with van der Waals surface area (Å²) in [5, 5.41) is 0. The molecule has 1 nitrogen and oxygen atoms in total. The molecule has 0 amide bonds. The molecule has 0 heterocycles. The first kappa shape index (κ1) is 7.87. The zero-order valence-corrected chi connectivity index (χ0v) is 7.20. The van der Waals surface area contributed by atoms with Crippen molar-refractivity contribution in [1.82, 2.24) is 5.73 Å². The summed E-state index contributed by atoms with van der Waals surface area (Å²) in [5.41, 5.74) is 10.4. The molecular weight excluding hydrogens is 158 g/mol. The molecule has 0 aliphatic heterocycles. The Bertz CT molecular complexity index is 387. The van der Waals surface area contributed by atoms with Crippen molar-refractivity contribution in [3.63, 3.8) is 0 Å². The summed E-state index contributed by atoms with van der Waals surface area (Å²) in [4.78, 5) is 0. The van der Waals surface area contributed by atoms with E-state index in [1.807, 2.05) is 54.7 Å². The SMILES string of the molecule is [NH]C1=CC=CC=C2C=CC=CC=C12. The molecule has 0 unspecified atom stereocenters. The van der Waals surface area contributed by atoms with Gasteiger partial charge in [-0.1, -0.05) is 48.6 Å². The third-order valence-corrected chi connectivity index (χ3v) is 2.01. The van der Waals surface area contributed by atoms with Gasteiger partial charge in [0.2, 0.25) is 0 Å². The van der Waals surface area contributed by atoms with Gasteiger partial charge in [-0.2, -0.15) is 0 Å². The van der Waals surface area contributed by atoms with Crippen LogP contribution in [-0.4, -0.2) is 0 Å². The lowest BCUT2D eigenvalue weighted by molar-refractivity contribution is 1.28. The zero-order chi connectivity index (χ0) is 9.10. The predicted octanol–water partition coefficient (Wildman–Crippen LogP) is 2.70. The maximum Gasteiger partial charge on any atom is 0.0618 e. The zero-order valence-electron chi connectivity index (χ0n) is 7.20. The summed E-state index contributed by atoms with van der Waals surface area (Å²) < 4.78 is 0. The fourth-order valence-electron chi connectivity index (χ4n) is 1.35. The summed E-state index contributed by atoms with van der Waals surface area (Å²) in [6.45, 7) is 0. The van der Waals surface area contributed by atoms with E-state index in [-0.39, 0.29) is 0 Å². The van der Waals surface area contributed by atoms with Gasteiger partial charge in [-0.3, -0.25) is 0 Å². The van der Waals surface area contributed by atoms with Crippen LogP contribution in [0.1, 0.15) is 0 Å². The fraction of sp³-hybridized carbons (Fsp3) is 0. The molecule has 0 spiro atoms. The van der Waals surface area contributed by atoms with Crippen LogP contribution in [0.3, 0.4) is 0 Å². The second-order valence-electron chi connectivity index (χ2n) is 2.91. The van der Waals surface area contributed by atoms with Gasteiger partial charge in [-0.25, -0.2) is 0 Å². The van der Waals surface area contributed by atoms with Crippen LogP contribution in [0.2, 0.25) is 0 Å². The Morgan fingerprint density at radius 2 is 1.54 bits per heavy atom. The van der Waals surface area contributed by atoms with Gasteiger partial charge in [0.15, 0.2) is 0 Å². The number of hydrogen-bond donors (Lipinski definition) is 0. The number of rotatable bonds is 0. The molecule has 1 radical (unpaired) electrons. The highest BCUT2D eigenvalue weighted by Gasteiger charge is 2.06. The van der Waals surface area contributed by atoms with Crippen molar-refractivity contribution in [3.05, 3.63) is 71.5 Å². The molecule has 1 N–H and O–H groups in total. The summed E-state index contributed by atoms with van der Waals surface area (Å²) in [5.74, 6) is 0. The number of nitrogens with one attached hydrogen (secondary N) is 1. The molecule has 2 rings (SSSR count). The van der Waals surface area contributed by atoms with E-state index < -0.39 is 0 Å². The smallest absolute Gasteiger partial charge is 0.0618 e. The molecule has 13 heavy (non-hydrogen) atoms. The molecule has 0 saturated heterocycles. The maximum atomic E-state index is 7.77. The second-order valence-corrected chi connectivity index (χ2v) is 2.91. The maximum absolute atomic E-state index is 7.77. The highest BCUT2D eigenvalue weighted by Crippen LogP contribution is 2.22. The average Bonchev–Trinajstić information content (AvgIpc) is 2.43. The van der Waals surface area contributed by atoms with E-state index in [0.717, 1.165) is 11.1 Å². The molecule has 2 aliphatic rings. The van der Waals surface area contributed by atoms with Gasteiger partial charge in [0.05, 0.1) is 5.70 Å². The van der Waals surface area contributed by atoms with E-state index >= 15 is 0 Å². The van der Waals surface area contributed by atoms with Crippen LogP contribution in [0.5, 0.6) is 0 Å². The van der Waals surface area contributed by atoms with E-state index in [1.54, 1.807) is 0 Å². The topological polar surface area (TPSA) is 23.8 Å². The van der Waals surface area contributed by atoms with Gasteiger partial charge in [0.1, 0.15) is 0 Å². The van der Waals surface area contributed by atoms with E-state index in [2.05, 4.69) is 0 Å². The van der Waals surface area contributed by atoms with Crippen LogP contribution in [-0.2, 0) is 0 Å². The van der Waals surface area contributed by atoms with Gasteiger partial charge in [0.25, 0.3) is 0 Å². The standard InChI is InChI=1S/C12H10N/c13-12-9-5-4-7-10-6-2-1-3-8-11(10)12/h1-9,13H. The lowest BCUT2D eigenvalue weighted by atomic mass is 10.0. The van der Waals surface area contributed by atoms with E-state index in [1.165, 1.54) is 0 Å². The van der Waals surface area contributed by atoms with Gasteiger partial charge >= 0.3 is 0 Å². The second kappa shape index (κ2) is 3.31. The summed E-state index contributed by atoms with van der Waals surface area (Å²) in [6, 6.07) is 0. The number of fused-ring (bicyclic) bond motifs is 1. The Hall–Kier alpha value is -1.76. The van der Waals surface area contributed by atoms with Crippen LogP contribution in [0.4, 0.5) is 0 Å². The first-order valence-corrected chi connectivity index (χ1v) is 4.24. The van der Waals surface area contributed by atoms with Gasteiger partial charge in [-0.05, 0) is 11.6 Å². The van der Waals surface area contributed by atoms with Crippen LogP contribution in [0, 0.1) is 0 Å². The molecule has 1 heteroatoms.